The number of morpholine rings is 1. The van der Waals surface area contributed by atoms with E-state index in [1.165, 1.54) is 0 Å². The fraction of sp³-hybridized carbons (Fsp3) is 0.409. The van der Waals surface area contributed by atoms with E-state index in [2.05, 4.69) is 4.98 Å². The minimum Gasteiger partial charge on any atom is -0.356 e. The highest BCUT2D eigenvalue weighted by molar-refractivity contribution is 5.87. The van der Waals surface area contributed by atoms with Crippen molar-refractivity contribution in [2.24, 2.45) is 0 Å². The number of ether oxygens (including phenoxy) is 1. The van der Waals surface area contributed by atoms with E-state index in [-0.39, 0.29) is 30.4 Å². The van der Waals surface area contributed by atoms with E-state index in [1.807, 2.05) is 67.3 Å². The summed E-state index contributed by atoms with van der Waals surface area (Å²) in [6.07, 6.45) is 1.09. The summed E-state index contributed by atoms with van der Waals surface area (Å²) in [5.41, 5.74) is 1.93. The number of carbonyl (C=O) groups is 2. The zero-order valence-electron chi connectivity index (χ0n) is 16.2. The van der Waals surface area contributed by atoms with E-state index < -0.39 is 12.1 Å². The Hall–Kier alpha value is -2.73. The molecular formula is C22H25N3O3. The van der Waals surface area contributed by atoms with Gasteiger partial charge in [-0.2, -0.15) is 0 Å². The third-order valence-corrected chi connectivity index (χ3v) is 5.50. The molecule has 2 atom stereocenters. The number of hydrogen-bond donors (Lipinski definition) is 0. The Morgan fingerprint density at radius 1 is 1.11 bits per heavy atom. The molecular weight excluding hydrogens is 354 g/mol. The molecule has 0 spiro atoms. The maximum Gasteiger partial charge on any atom is 0.254 e. The zero-order chi connectivity index (χ0) is 19.7. The monoisotopic (exact) mass is 379 g/mol. The van der Waals surface area contributed by atoms with E-state index in [4.69, 9.17) is 4.74 Å². The summed E-state index contributed by atoms with van der Waals surface area (Å²) in [6, 6.07) is 15.1. The van der Waals surface area contributed by atoms with Crippen LogP contribution in [0.15, 0.2) is 54.7 Å². The van der Waals surface area contributed by atoms with Gasteiger partial charge in [0, 0.05) is 36.9 Å². The van der Waals surface area contributed by atoms with Crippen molar-refractivity contribution in [2.45, 2.75) is 38.0 Å². The molecule has 0 radical (unpaired) electrons. The third-order valence-electron chi connectivity index (χ3n) is 5.50. The van der Waals surface area contributed by atoms with Crippen molar-refractivity contribution in [2.75, 3.05) is 19.7 Å². The van der Waals surface area contributed by atoms with Crippen LogP contribution in [-0.4, -0.2) is 58.4 Å². The minimum absolute atomic E-state index is 0.0189. The molecule has 2 aromatic rings. The highest BCUT2D eigenvalue weighted by Gasteiger charge is 2.46. The van der Waals surface area contributed by atoms with Crippen molar-refractivity contribution >= 4 is 11.8 Å². The van der Waals surface area contributed by atoms with Crippen molar-refractivity contribution in [1.82, 2.24) is 14.8 Å². The van der Waals surface area contributed by atoms with Crippen LogP contribution in [0.5, 0.6) is 0 Å². The molecule has 0 bridgehead atoms. The van der Waals surface area contributed by atoms with Gasteiger partial charge in [-0.3, -0.25) is 14.6 Å². The SMILES string of the molecule is CC(C)N1C(=O)CO[C@H](C(=O)N2CC(c3ccccn3)C2)[C@H]1c1ccccc1. The number of benzene rings is 1. The molecule has 2 aliphatic heterocycles. The second-order valence-corrected chi connectivity index (χ2v) is 7.68. The van der Waals surface area contributed by atoms with Gasteiger partial charge in [0.25, 0.3) is 5.91 Å². The first-order chi connectivity index (χ1) is 13.6. The molecule has 3 heterocycles. The number of likely N-dealkylation sites (tertiary alicyclic amines) is 1. The molecule has 0 N–H and O–H groups in total. The lowest BCUT2D eigenvalue weighted by Gasteiger charge is -2.46. The molecule has 6 heteroatoms. The summed E-state index contributed by atoms with van der Waals surface area (Å²) in [5.74, 6) is 0.119. The number of carbonyl (C=O) groups excluding carboxylic acids is 2. The van der Waals surface area contributed by atoms with Gasteiger partial charge in [0.15, 0.2) is 6.10 Å². The number of aromatic nitrogens is 1. The molecule has 4 rings (SSSR count). The number of rotatable bonds is 4. The fourth-order valence-electron chi connectivity index (χ4n) is 4.07. The van der Waals surface area contributed by atoms with Gasteiger partial charge >= 0.3 is 0 Å². The topological polar surface area (TPSA) is 62.7 Å². The molecule has 146 valence electrons. The summed E-state index contributed by atoms with van der Waals surface area (Å²) in [5, 5.41) is 0. The first kappa shape index (κ1) is 18.6. The average molecular weight is 379 g/mol. The summed E-state index contributed by atoms with van der Waals surface area (Å²) >= 11 is 0. The van der Waals surface area contributed by atoms with Crippen molar-refractivity contribution in [3.63, 3.8) is 0 Å². The number of nitrogens with zero attached hydrogens (tertiary/aromatic N) is 3. The van der Waals surface area contributed by atoms with E-state index in [1.54, 1.807) is 11.1 Å². The summed E-state index contributed by atoms with van der Waals surface area (Å²) < 4.78 is 5.80. The Kier molecular flexibility index (Phi) is 5.13. The maximum absolute atomic E-state index is 13.3. The van der Waals surface area contributed by atoms with Gasteiger partial charge in [-0.15, -0.1) is 0 Å². The Bertz CT molecular complexity index is 835. The molecule has 0 unspecified atom stereocenters. The smallest absolute Gasteiger partial charge is 0.254 e. The van der Waals surface area contributed by atoms with Crippen LogP contribution < -0.4 is 0 Å². The van der Waals surface area contributed by atoms with Crippen molar-refractivity contribution < 1.29 is 14.3 Å². The van der Waals surface area contributed by atoms with E-state index in [0.29, 0.717) is 13.1 Å². The number of amides is 2. The lowest BCUT2D eigenvalue weighted by Crippen LogP contribution is -2.60. The number of hydrogen-bond acceptors (Lipinski definition) is 4. The highest BCUT2D eigenvalue weighted by Crippen LogP contribution is 2.35. The van der Waals surface area contributed by atoms with Crippen LogP contribution in [-0.2, 0) is 14.3 Å². The molecule has 1 aromatic heterocycles. The molecule has 0 aliphatic carbocycles. The van der Waals surface area contributed by atoms with E-state index >= 15 is 0 Å². The summed E-state index contributed by atoms with van der Waals surface area (Å²) in [4.78, 5) is 33.8. The lowest BCUT2D eigenvalue weighted by atomic mass is 9.91. The van der Waals surface area contributed by atoms with Gasteiger partial charge in [0.05, 0.1) is 6.04 Å². The summed E-state index contributed by atoms with van der Waals surface area (Å²) in [7, 11) is 0. The second kappa shape index (κ2) is 7.72. The molecule has 2 saturated heterocycles. The molecule has 2 amide bonds. The predicted molar refractivity (Wildman–Crippen MR) is 104 cm³/mol. The van der Waals surface area contributed by atoms with Gasteiger partial charge in [0.2, 0.25) is 5.91 Å². The molecule has 2 fully saturated rings. The zero-order valence-corrected chi connectivity index (χ0v) is 16.2. The Labute approximate surface area is 165 Å². The van der Waals surface area contributed by atoms with Crippen LogP contribution in [0.2, 0.25) is 0 Å². The largest absolute Gasteiger partial charge is 0.356 e. The van der Waals surface area contributed by atoms with Crippen LogP contribution in [0.4, 0.5) is 0 Å². The molecule has 2 aliphatic rings. The third kappa shape index (κ3) is 3.40. The van der Waals surface area contributed by atoms with Crippen LogP contribution in [0, 0.1) is 0 Å². The highest BCUT2D eigenvalue weighted by atomic mass is 16.5. The van der Waals surface area contributed by atoms with Gasteiger partial charge < -0.3 is 14.5 Å². The lowest BCUT2D eigenvalue weighted by molar-refractivity contribution is -0.174. The van der Waals surface area contributed by atoms with Crippen molar-refractivity contribution in [3.05, 3.63) is 66.0 Å². The molecule has 6 nitrogen and oxygen atoms in total. The maximum atomic E-state index is 13.3. The van der Waals surface area contributed by atoms with Crippen molar-refractivity contribution in [1.29, 1.82) is 0 Å². The van der Waals surface area contributed by atoms with Crippen LogP contribution in [0.25, 0.3) is 0 Å². The molecule has 0 saturated carbocycles. The van der Waals surface area contributed by atoms with Gasteiger partial charge in [0.1, 0.15) is 6.61 Å². The van der Waals surface area contributed by atoms with Crippen LogP contribution >= 0.6 is 0 Å². The van der Waals surface area contributed by atoms with E-state index in [0.717, 1.165) is 11.3 Å². The standard InChI is InChI=1S/C22H25N3O3/c1-15(2)25-19(26)14-28-21(20(25)16-8-4-3-5-9-16)22(27)24-12-17(13-24)18-10-6-7-11-23-18/h3-11,15,17,20-21H,12-14H2,1-2H3/t20-,21+/m1/s1. The Morgan fingerprint density at radius 2 is 1.82 bits per heavy atom. The van der Waals surface area contributed by atoms with Crippen molar-refractivity contribution in [3.8, 4) is 0 Å². The average Bonchev–Trinajstić information content (AvgIpc) is 2.67. The van der Waals surface area contributed by atoms with E-state index in [9.17, 15) is 9.59 Å². The molecule has 28 heavy (non-hydrogen) atoms. The van der Waals surface area contributed by atoms with Gasteiger partial charge in [-0.05, 0) is 31.5 Å². The Morgan fingerprint density at radius 3 is 2.46 bits per heavy atom. The van der Waals surface area contributed by atoms with Crippen LogP contribution in [0.3, 0.4) is 0 Å². The minimum atomic E-state index is -0.688. The van der Waals surface area contributed by atoms with Gasteiger partial charge in [-0.1, -0.05) is 36.4 Å². The van der Waals surface area contributed by atoms with Crippen LogP contribution in [0.1, 0.15) is 37.1 Å². The van der Waals surface area contributed by atoms with Gasteiger partial charge in [-0.25, -0.2) is 0 Å². The number of pyridine rings is 1. The second-order valence-electron chi connectivity index (χ2n) is 7.68. The Balaban J connectivity index is 1.55. The summed E-state index contributed by atoms with van der Waals surface area (Å²) in [6.45, 7) is 5.15. The first-order valence-corrected chi connectivity index (χ1v) is 9.73. The molecule has 1 aromatic carbocycles. The first-order valence-electron chi connectivity index (χ1n) is 9.73. The fourth-order valence-corrected chi connectivity index (χ4v) is 4.07. The quantitative estimate of drug-likeness (QED) is 0.818. The predicted octanol–water partition coefficient (Wildman–Crippen LogP) is 2.38. The normalized spacial score (nSPS) is 23.0.